The van der Waals surface area contributed by atoms with Crippen LogP contribution < -0.4 is 0 Å². The summed E-state index contributed by atoms with van der Waals surface area (Å²) in [7, 11) is 0. The highest BCUT2D eigenvalue weighted by Gasteiger charge is 2.20. The molecule has 2 heterocycles. The van der Waals surface area contributed by atoms with Crippen molar-refractivity contribution in [1.29, 1.82) is 0 Å². The van der Waals surface area contributed by atoms with Crippen molar-refractivity contribution < 1.29 is 4.79 Å². The lowest BCUT2D eigenvalue weighted by Crippen LogP contribution is -2.28. The second kappa shape index (κ2) is 3.78. The standard InChI is InChI=1S/C11H14N2O/c1-9-8-12-5-4-10(9)11(14)13-6-2-3-7-13/h4-5,8H,2-3,6-7H2,1H3. The van der Waals surface area contributed by atoms with Crippen LogP contribution in [0.3, 0.4) is 0 Å². The van der Waals surface area contributed by atoms with E-state index in [0.717, 1.165) is 37.1 Å². The van der Waals surface area contributed by atoms with E-state index in [9.17, 15) is 4.79 Å². The Morgan fingerprint density at radius 1 is 1.43 bits per heavy atom. The molecule has 14 heavy (non-hydrogen) atoms. The van der Waals surface area contributed by atoms with Crippen LogP contribution in [-0.2, 0) is 0 Å². The molecular weight excluding hydrogens is 176 g/mol. The van der Waals surface area contributed by atoms with E-state index in [2.05, 4.69) is 4.98 Å². The fourth-order valence-corrected chi connectivity index (χ4v) is 1.80. The monoisotopic (exact) mass is 190 g/mol. The quantitative estimate of drug-likeness (QED) is 0.674. The van der Waals surface area contributed by atoms with Crippen LogP contribution in [0.4, 0.5) is 0 Å². The molecule has 74 valence electrons. The van der Waals surface area contributed by atoms with Crippen molar-refractivity contribution in [3.05, 3.63) is 29.6 Å². The number of hydrogen-bond acceptors (Lipinski definition) is 2. The maximum Gasteiger partial charge on any atom is 0.254 e. The zero-order chi connectivity index (χ0) is 9.97. The van der Waals surface area contributed by atoms with Crippen LogP contribution in [0.25, 0.3) is 0 Å². The molecule has 1 aromatic heterocycles. The van der Waals surface area contributed by atoms with Gasteiger partial charge in [-0.2, -0.15) is 0 Å². The topological polar surface area (TPSA) is 33.2 Å². The first-order valence-corrected chi connectivity index (χ1v) is 4.99. The van der Waals surface area contributed by atoms with Gasteiger partial charge >= 0.3 is 0 Å². The van der Waals surface area contributed by atoms with Crippen molar-refractivity contribution in [2.75, 3.05) is 13.1 Å². The molecule has 3 nitrogen and oxygen atoms in total. The highest BCUT2D eigenvalue weighted by molar-refractivity contribution is 5.95. The van der Waals surface area contributed by atoms with E-state index in [-0.39, 0.29) is 5.91 Å². The van der Waals surface area contributed by atoms with Crippen LogP contribution in [0.2, 0.25) is 0 Å². The maximum atomic E-state index is 12.0. The lowest BCUT2D eigenvalue weighted by atomic mass is 10.1. The fourth-order valence-electron chi connectivity index (χ4n) is 1.80. The number of aryl methyl sites for hydroxylation is 1. The molecule has 2 rings (SSSR count). The van der Waals surface area contributed by atoms with E-state index in [0.29, 0.717) is 0 Å². The lowest BCUT2D eigenvalue weighted by Gasteiger charge is -2.16. The molecule has 0 saturated carbocycles. The maximum absolute atomic E-state index is 12.0. The van der Waals surface area contributed by atoms with Gasteiger partial charge in [0.15, 0.2) is 0 Å². The Morgan fingerprint density at radius 2 is 2.14 bits per heavy atom. The van der Waals surface area contributed by atoms with Crippen molar-refractivity contribution in [1.82, 2.24) is 9.88 Å². The molecule has 0 bridgehead atoms. The lowest BCUT2D eigenvalue weighted by molar-refractivity contribution is 0.0792. The van der Waals surface area contributed by atoms with Crippen LogP contribution >= 0.6 is 0 Å². The Hall–Kier alpha value is -1.38. The van der Waals surface area contributed by atoms with E-state index in [1.807, 2.05) is 11.8 Å². The molecule has 0 N–H and O–H groups in total. The molecule has 0 radical (unpaired) electrons. The molecule has 0 aliphatic carbocycles. The average Bonchev–Trinajstić information content (AvgIpc) is 2.70. The van der Waals surface area contributed by atoms with Gasteiger partial charge in [-0.05, 0) is 31.4 Å². The number of carbonyl (C=O) groups is 1. The summed E-state index contributed by atoms with van der Waals surface area (Å²) in [4.78, 5) is 17.9. The summed E-state index contributed by atoms with van der Waals surface area (Å²) in [5, 5.41) is 0. The summed E-state index contributed by atoms with van der Waals surface area (Å²) in [6.45, 7) is 3.73. The van der Waals surface area contributed by atoms with E-state index < -0.39 is 0 Å². The van der Waals surface area contributed by atoms with Gasteiger partial charge in [0.05, 0.1) is 0 Å². The van der Waals surface area contributed by atoms with Crippen LogP contribution in [0.5, 0.6) is 0 Å². The molecule has 1 aliphatic heterocycles. The number of rotatable bonds is 1. The van der Waals surface area contributed by atoms with Crippen molar-refractivity contribution in [2.24, 2.45) is 0 Å². The van der Waals surface area contributed by atoms with Gasteiger partial charge in [-0.1, -0.05) is 0 Å². The highest BCUT2D eigenvalue weighted by Crippen LogP contribution is 2.14. The van der Waals surface area contributed by atoms with Gasteiger partial charge in [0.2, 0.25) is 0 Å². The van der Waals surface area contributed by atoms with Gasteiger partial charge in [-0.3, -0.25) is 9.78 Å². The predicted octanol–water partition coefficient (Wildman–Crippen LogP) is 1.63. The number of likely N-dealkylation sites (tertiary alicyclic amines) is 1. The van der Waals surface area contributed by atoms with Gasteiger partial charge < -0.3 is 4.90 Å². The Labute approximate surface area is 83.8 Å². The Morgan fingerprint density at radius 3 is 2.79 bits per heavy atom. The van der Waals surface area contributed by atoms with Gasteiger partial charge in [-0.25, -0.2) is 0 Å². The summed E-state index contributed by atoms with van der Waals surface area (Å²) >= 11 is 0. The summed E-state index contributed by atoms with van der Waals surface area (Å²) < 4.78 is 0. The predicted molar refractivity (Wildman–Crippen MR) is 54.1 cm³/mol. The Bertz CT molecular complexity index is 343. The number of amides is 1. The summed E-state index contributed by atoms with van der Waals surface area (Å²) in [5.74, 6) is 0.155. The number of hydrogen-bond donors (Lipinski definition) is 0. The summed E-state index contributed by atoms with van der Waals surface area (Å²) in [6, 6.07) is 1.80. The first-order chi connectivity index (χ1) is 6.79. The molecule has 1 aliphatic rings. The molecular formula is C11H14N2O. The van der Waals surface area contributed by atoms with Gasteiger partial charge in [0.25, 0.3) is 5.91 Å². The fraction of sp³-hybridized carbons (Fsp3) is 0.455. The molecule has 1 amide bonds. The smallest absolute Gasteiger partial charge is 0.254 e. The molecule has 0 unspecified atom stereocenters. The van der Waals surface area contributed by atoms with Crippen molar-refractivity contribution in [3.8, 4) is 0 Å². The van der Waals surface area contributed by atoms with Crippen molar-refractivity contribution >= 4 is 5.91 Å². The third-order valence-electron chi connectivity index (χ3n) is 2.64. The molecule has 0 atom stereocenters. The molecule has 0 aromatic carbocycles. The third-order valence-corrected chi connectivity index (χ3v) is 2.64. The van der Waals surface area contributed by atoms with Crippen molar-refractivity contribution in [3.63, 3.8) is 0 Å². The van der Waals surface area contributed by atoms with Crippen LogP contribution in [0, 0.1) is 6.92 Å². The number of aromatic nitrogens is 1. The minimum atomic E-state index is 0.155. The summed E-state index contributed by atoms with van der Waals surface area (Å²) in [6.07, 6.45) is 5.69. The zero-order valence-electron chi connectivity index (χ0n) is 8.36. The van der Waals surface area contributed by atoms with Crippen LogP contribution in [0.15, 0.2) is 18.5 Å². The molecule has 3 heteroatoms. The van der Waals surface area contributed by atoms with Crippen LogP contribution in [-0.4, -0.2) is 28.9 Å². The molecule has 1 aromatic rings. The van der Waals surface area contributed by atoms with Crippen molar-refractivity contribution in [2.45, 2.75) is 19.8 Å². The van der Waals surface area contributed by atoms with E-state index in [4.69, 9.17) is 0 Å². The average molecular weight is 190 g/mol. The van der Waals surface area contributed by atoms with E-state index >= 15 is 0 Å². The van der Waals surface area contributed by atoms with E-state index in [1.54, 1.807) is 18.5 Å². The molecule has 0 spiro atoms. The second-order valence-corrected chi connectivity index (χ2v) is 3.69. The Kier molecular flexibility index (Phi) is 2.48. The number of carbonyl (C=O) groups excluding carboxylic acids is 1. The van der Waals surface area contributed by atoms with E-state index in [1.165, 1.54) is 0 Å². The molecule has 1 saturated heterocycles. The SMILES string of the molecule is Cc1cnccc1C(=O)N1CCCC1. The minimum absolute atomic E-state index is 0.155. The van der Waals surface area contributed by atoms with Gasteiger partial charge in [-0.15, -0.1) is 0 Å². The first-order valence-electron chi connectivity index (χ1n) is 4.99. The van der Waals surface area contributed by atoms with Gasteiger partial charge in [0.1, 0.15) is 0 Å². The van der Waals surface area contributed by atoms with Gasteiger partial charge in [0, 0.05) is 31.0 Å². The molecule has 1 fully saturated rings. The largest absolute Gasteiger partial charge is 0.339 e. The second-order valence-electron chi connectivity index (χ2n) is 3.69. The number of pyridine rings is 1. The number of nitrogens with zero attached hydrogens (tertiary/aromatic N) is 2. The highest BCUT2D eigenvalue weighted by atomic mass is 16.2. The summed E-state index contributed by atoms with van der Waals surface area (Å²) in [5.41, 5.74) is 1.76. The third kappa shape index (κ3) is 1.62. The first kappa shape index (κ1) is 9.19. The normalized spacial score (nSPS) is 15.9. The minimum Gasteiger partial charge on any atom is -0.339 e. The Balaban J connectivity index is 2.22. The zero-order valence-corrected chi connectivity index (χ0v) is 8.36. The van der Waals surface area contributed by atoms with Crippen LogP contribution in [0.1, 0.15) is 28.8 Å².